The van der Waals surface area contributed by atoms with Crippen molar-refractivity contribution >= 4 is 55.7 Å². The Hall–Kier alpha value is -0.590. The van der Waals surface area contributed by atoms with E-state index in [0.29, 0.717) is 0 Å². The van der Waals surface area contributed by atoms with Gasteiger partial charge in [0.2, 0.25) is 11.8 Å². The number of nitrogens with zero attached hydrogens (tertiary/aromatic N) is 1. The van der Waals surface area contributed by atoms with E-state index in [9.17, 15) is 9.59 Å². The van der Waals surface area contributed by atoms with Crippen LogP contribution in [0.25, 0.3) is 0 Å². The predicted octanol–water partition coefficient (Wildman–Crippen LogP) is 1.83. The molecule has 0 fully saturated rings. The van der Waals surface area contributed by atoms with E-state index in [4.69, 9.17) is 11.6 Å². The highest BCUT2D eigenvalue weighted by Gasteiger charge is 2.13. The van der Waals surface area contributed by atoms with E-state index in [-0.39, 0.29) is 24.2 Å². The molecule has 0 atom stereocenters. The second-order valence-electron chi connectivity index (χ2n) is 2.97. The summed E-state index contributed by atoms with van der Waals surface area (Å²) in [4.78, 5) is 24.0. The Labute approximate surface area is 111 Å². The minimum Gasteiger partial charge on any atom is -0.346 e. The number of alkyl halides is 1. The van der Waals surface area contributed by atoms with E-state index in [1.807, 2.05) is 11.4 Å². The molecule has 0 aliphatic carbocycles. The summed E-state index contributed by atoms with van der Waals surface area (Å²) in [6.07, 6.45) is 0. The number of hydrogen-bond acceptors (Lipinski definition) is 3. The molecule has 0 radical (unpaired) electrons. The van der Waals surface area contributed by atoms with Gasteiger partial charge in [-0.25, -0.2) is 0 Å². The second-order valence-corrected chi connectivity index (χ2v) is 5.04. The van der Waals surface area contributed by atoms with Gasteiger partial charge in [-0.2, -0.15) is 0 Å². The van der Waals surface area contributed by atoms with E-state index < -0.39 is 0 Å². The standard InChI is InChI=1S/C9H10BrClN2O2S/c1-13(9-2-6(10)5-16-9)8(15)4-12-7(14)3-11/h2,5H,3-4H2,1H3,(H,12,14). The Balaban J connectivity index is 2.51. The Morgan fingerprint density at radius 3 is 2.81 bits per heavy atom. The molecule has 7 heteroatoms. The summed E-state index contributed by atoms with van der Waals surface area (Å²) < 4.78 is 0.928. The summed E-state index contributed by atoms with van der Waals surface area (Å²) in [6, 6.07) is 1.84. The monoisotopic (exact) mass is 324 g/mol. The Morgan fingerprint density at radius 2 is 2.31 bits per heavy atom. The minimum atomic E-state index is -0.351. The summed E-state index contributed by atoms with van der Waals surface area (Å²) in [6.45, 7) is -0.0441. The molecule has 16 heavy (non-hydrogen) atoms. The number of thiophene rings is 1. The van der Waals surface area contributed by atoms with E-state index in [1.54, 1.807) is 7.05 Å². The third-order valence-electron chi connectivity index (χ3n) is 1.82. The molecule has 1 heterocycles. The van der Waals surface area contributed by atoms with Crippen LogP contribution in [-0.2, 0) is 9.59 Å². The highest BCUT2D eigenvalue weighted by molar-refractivity contribution is 9.10. The van der Waals surface area contributed by atoms with Crippen LogP contribution in [-0.4, -0.2) is 31.3 Å². The van der Waals surface area contributed by atoms with E-state index in [1.165, 1.54) is 16.2 Å². The number of carbonyl (C=O) groups excluding carboxylic acids is 2. The fraction of sp³-hybridized carbons (Fsp3) is 0.333. The van der Waals surface area contributed by atoms with Gasteiger partial charge in [-0.05, 0) is 22.0 Å². The Bertz CT molecular complexity index is 397. The van der Waals surface area contributed by atoms with Gasteiger partial charge in [0.05, 0.1) is 11.5 Å². The van der Waals surface area contributed by atoms with Crippen molar-refractivity contribution in [3.8, 4) is 0 Å². The van der Waals surface area contributed by atoms with Gasteiger partial charge in [0, 0.05) is 16.9 Å². The Morgan fingerprint density at radius 1 is 1.62 bits per heavy atom. The topological polar surface area (TPSA) is 49.4 Å². The van der Waals surface area contributed by atoms with Crippen molar-refractivity contribution in [1.82, 2.24) is 5.32 Å². The van der Waals surface area contributed by atoms with Crippen LogP contribution in [0.5, 0.6) is 0 Å². The first-order valence-corrected chi connectivity index (χ1v) is 6.58. The summed E-state index contributed by atoms with van der Waals surface area (Å²) >= 11 is 10.0. The molecular formula is C9H10BrClN2O2S. The van der Waals surface area contributed by atoms with Crippen LogP contribution in [0, 0.1) is 0 Å². The zero-order valence-corrected chi connectivity index (χ0v) is 11.7. The largest absolute Gasteiger partial charge is 0.346 e. The number of rotatable bonds is 4. The molecule has 1 N–H and O–H groups in total. The molecule has 1 aromatic heterocycles. The van der Waals surface area contributed by atoms with Crippen molar-refractivity contribution < 1.29 is 9.59 Å². The molecule has 88 valence electrons. The quantitative estimate of drug-likeness (QED) is 0.859. The second kappa shape index (κ2) is 6.22. The fourth-order valence-corrected chi connectivity index (χ4v) is 2.44. The van der Waals surface area contributed by atoms with Crippen LogP contribution >= 0.6 is 38.9 Å². The molecule has 0 bridgehead atoms. The SMILES string of the molecule is CN(C(=O)CNC(=O)CCl)c1cc(Br)cs1. The van der Waals surface area contributed by atoms with Crippen molar-refractivity contribution in [2.75, 3.05) is 24.4 Å². The molecule has 0 unspecified atom stereocenters. The van der Waals surface area contributed by atoms with Crippen molar-refractivity contribution in [3.63, 3.8) is 0 Å². The first kappa shape index (κ1) is 13.5. The van der Waals surface area contributed by atoms with E-state index in [2.05, 4.69) is 21.2 Å². The van der Waals surface area contributed by atoms with Gasteiger partial charge in [0.25, 0.3) is 0 Å². The predicted molar refractivity (Wildman–Crippen MR) is 69.2 cm³/mol. The third kappa shape index (κ3) is 3.77. The first-order chi connectivity index (χ1) is 7.54. The number of anilines is 1. The highest BCUT2D eigenvalue weighted by Crippen LogP contribution is 2.27. The lowest BCUT2D eigenvalue weighted by Gasteiger charge is -2.14. The van der Waals surface area contributed by atoms with E-state index in [0.717, 1.165) is 9.47 Å². The maximum atomic E-state index is 11.6. The maximum absolute atomic E-state index is 11.6. The lowest BCUT2D eigenvalue weighted by molar-refractivity contribution is -0.123. The molecule has 4 nitrogen and oxygen atoms in total. The fourth-order valence-electron chi connectivity index (χ4n) is 0.941. The molecule has 0 aliphatic heterocycles. The average molecular weight is 326 g/mol. The summed E-state index contributed by atoms with van der Waals surface area (Å²) in [5, 5.41) is 5.12. The molecule has 0 saturated heterocycles. The zero-order chi connectivity index (χ0) is 12.1. The molecule has 1 aromatic rings. The third-order valence-corrected chi connectivity index (χ3v) is 3.83. The number of nitrogens with one attached hydrogen (secondary N) is 1. The van der Waals surface area contributed by atoms with Crippen LogP contribution in [0.15, 0.2) is 15.9 Å². The summed E-state index contributed by atoms with van der Waals surface area (Å²) in [5.41, 5.74) is 0. The normalized spacial score (nSPS) is 9.94. The number of halogens is 2. The van der Waals surface area contributed by atoms with Crippen LogP contribution in [0.1, 0.15) is 0 Å². The lowest BCUT2D eigenvalue weighted by Crippen LogP contribution is -2.38. The lowest BCUT2D eigenvalue weighted by atomic mass is 10.5. The molecule has 2 amide bonds. The van der Waals surface area contributed by atoms with E-state index >= 15 is 0 Å². The number of hydrogen-bond donors (Lipinski definition) is 1. The van der Waals surface area contributed by atoms with Gasteiger partial charge in [-0.15, -0.1) is 22.9 Å². The minimum absolute atomic E-state index is 0.0441. The summed E-state index contributed by atoms with van der Waals surface area (Å²) in [5.74, 6) is -0.676. The number of likely N-dealkylation sites (N-methyl/N-ethyl adjacent to an activating group) is 1. The molecule has 0 saturated carbocycles. The van der Waals surface area contributed by atoms with Crippen molar-refractivity contribution in [1.29, 1.82) is 0 Å². The molecule has 0 aromatic carbocycles. The van der Waals surface area contributed by atoms with Gasteiger partial charge >= 0.3 is 0 Å². The number of amides is 2. The van der Waals surface area contributed by atoms with Crippen LogP contribution in [0.2, 0.25) is 0 Å². The zero-order valence-electron chi connectivity index (χ0n) is 8.50. The van der Waals surface area contributed by atoms with Gasteiger partial charge in [-0.1, -0.05) is 0 Å². The summed E-state index contributed by atoms with van der Waals surface area (Å²) in [7, 11) is 1.66. The van der Waals surface area contributed by atoms with Gasteiger partial charge in [0.15, 0.2) is 0 Å². The molecular weight excluding hydrogens is 316 g/mol. The van der Waals surface area contributed by atoms with Crippen molar-refractivity contribution in [2.24, 2.45) is 0 Å². The van der Waals surface area contributed by atoms with Crippen LogP contribution in [0.4, 0.5) is 5.00 Å². The van der Waals surface area contributed by atoms with Gasteiger partial charge in [0.1, 0.15) is 5.88 Å². The smallest absolute Gasteiger partial charge is 0.246 e. The first-order valence-electron chi connectivity index (χ1n) is 4.38. The van der Waals surface area contributed by atoms with Crippen molar-refractivity contribution in [2.45, 2.75) is 0 Å². The molecule has 0 spiro atoms. The molecule has 1 rings (SSSR count). The maximum Gasteiger partial charge on any atom is 0.246 e. The van der Waals surface area contributed by atoms with Gasteiger partial charge in [-0.3, -0.25) is 9.59 Å². The highest BCUT2D eigenvalue weighted by atomic mass is 79.9. The van der Waals surface area contributed by atoms with Crippen LogP contribution in [0.3, 0.4) is 0 Å². The average Bonchev–Trinajstić information content (AvgIpc) is 2.71. The molecule has 0 aliphatic rings. The van der Waals surface area contributed by atoms with Crippen molar-refractivity contribution in [3.05, 3.63) is 15.9 Å². The van der Waals surface area contributed by atoms with Crippen LogP contribution < -0.4 is 10.2 Å². The van der Waals surface area contributed by atoms with Gasteiger partial charge < -0.3 is 10.2 Å². The number of carbonyl (C=O) groups is 2. The Kier molecular flexibility index (Phi) is 5.24.